The third-order valence-electron chi connectivity index (χ3n) is 5.58. The molecule has 0 aliphatic heterocycles. The molecule has 4 heteroatoms. The van der Waals surface area contributed by atoms with E-state index in [4.69, 9.17) is 5.73 Å². The maximum absolute atomic E-state index is 12.8. The van der Waals surface area contributed by atoms with Crippen LogP contribution in [0, 0.1) is 0 Å². The third-order valence-corrected chi connectivity index (χ3v) is 5.58. The van der Waals surface area contributed by atoms with Crippen molar-refractivity contribution >= 4 is 6.03 Å². The van der Waals surface area contributed by atoms with Crippen molar-refractivity contribution in [3.05, 3.63) is 0 Å². The zero-order valence-corrected chi connectivity index (χ0v) is 14.9. The van der Waals surface area contributed by atoms with Crippen molar-refractivity contribution in [3.8, 4) is 0 Å². The van der Waals surface area contributed by atoms with Gasteiger partial charge in [0.2, 0.25) is 0 Å². The molecular weight excluding hydrogens is 286 g/mol. The molecule has 2 amide bonds. The topological polar surface area (TPSA) is 58.4 Å². The van der Waals surface area contributed by atoms with E-state index in [1.807, 2.05) is 0 Å². The van der Waals surface area contributed by atoms with E-state index in [1.54, 1.807) is 0 Å². The van der Waals surface area contributed by atoms with Gasteiger partial charge in [-0.15, -0.1) is 0 Å². The molecule has 2 fully saturated rings. The van der Waals surface area contributed by atoms with Gasteiger partial charge in [-0.25, -0.2) is 4.79 Å². The number of nitrogens with two attached hydrogens (primary N) is 1. The van der Waals surface area contributed by atoms with E-state index in [9.17, 15) is 4.79 Å². The highest BCUT2D eigenvalue weighted by Crippen LogP contribution is 2.30. The molecule has 134 valence electrons. The SMILES string of the molecule is NCCCCCCNC(=O)N(C1CCCCC1)C1CCCCC1. The van der Waals surface area contributed by atoms with E-state index in [0.29, 0.717) is 12.1 Å². The second-order valence-electron chi connectivity index (χ2n) is 7.43. The van der Waals surface area contributed by atoms with Crippen LogP contribution in [0.5, 0.6) is 0 Å². The van der Waals surface area contributed by atoms with Crippen LogP contribution in [-0.4, -0.2) is 36.1 Å². The van der Waals surface area contributed by atoms with Gasteiger partial charge in [-0.05, 0) is 45.1 Å². The Balaban J connectivity index is 1.81. The summed E-state index contributed by atoms with van der Waals surface area (Å²) >= 11 is 0. The van der Waals surface area contributed by atoms with Gasteiger partial charge in [0.15, 0.2) is 0 Å². The van der Waals surface area contributed by atoms with Gasteiger partial charge in [0.1, 0.15) is 0 Å². The molecule has 0 aromatic heterocycles. The van der Waals surface area contributed by atoms with Gasteiger partial charge in [0.05, 0.1) is 0 Å². The molecular formula is C19H37N3O. The van der Waals surface area contributed by atoms with Gasteiger partial charge < -0.3 is 16.0 Å². The summed E-state index contributed by atoms with van der Waals surface area (Å²) in [5.74, 6) is 0. The zero-order chi connectivity index (χ0) is 16.3. The standard InChI is InChI=1S/C19H37N3O/c20-15-9-1-2-10-16-21-19(23)22(17-11-5-3-6-12-17)18-13-7-4-8-14-18/h17-18H,1-16,20H2,(H,21,23). The van der Waals surface area contributed by atoms with Crippen LogP contribution in [-0.2, 0) is 0 Å². The average molecular weight is 324 g/mol. The van der Waals surface area contributed by atoms with Crippen molar-refractivity contribution in [3.63, 3.8) is 0 Å². The number of amides is 2. The van der Waals surface area contributed by atoms with E-state index in [-0.39, 0.29) is 6.03 Å². The lowest BCUT2D eigenvalue weighted by Gasteiger charge is -2.41. The van der Waals surface area contributed by atoms with Gasteiger partial charge in [0.25, 0.3) is 0 Å². The summed E-state index contributed by atoms with van der Waals surface area (Å²) in [7, 11) is 0. The second-order valence-corrected chi connectivity index (χ2v) is 7.43. The summed E-state index contributed by atoms with van der Waals surface area (Å²) in [5.41, 5.74) is 5.52. The number of carbonyl (C=O) groups excluding carboxylic acids is 1. The molecule has 0 aromatic rings. The molecule has 0 heterocycles. The summed E-state index contributed by atoms with van der Waals surface area (Å²) in [4.78, 5) is 15.1. The minimum absolute atomic E-state index is 0.211. The predicted molar refractivity (Wildman–Crippen MR) is 96.5 cm³/mol. The van der Waals surface area contributed by atoms with Crippen LogP contribution in [0.1, 0.15) is 89.9 Å². The fourth-order valence-corrected chi connectivity index (χ4v) is 4.26. The first-order valence-electron chi connectivity index (χ1n) is 10.1. The van der Waals surface area contributed by atoms with Gasteiger partial charge >= 0.3 is 6.03 Å². The number of carbonyl (C=O) groups is 1. The number of rotatable bonds is 8. The van der Waals surface area contributed by atoms with Crippen molar-refractivity contribution in [1.82, 2.24) is 10.2 Å². The Labute approximate surface area is 142 Å². The Morgan fingerprint density at radius 1 is 0.826 bits per heavy atom. The smallest absolute Gasteiger partial charge is 0.317 e. The minimum Gasteiger partial charge on any atom is -0.338 e. The number of nitrogens with one attached hydrogen (secondary N) is 1. The number of unbranched alkanes of at least 4 members (excludes halogenated alkanes) is 3. The van der Waals surface area contributed by atoms with E-state index in [0.717, 1.165) is 25.9 Å². The molecule has 3 N–H and O–H groups in total. The molecule has 0 saturated heterocycles. The van der Waals surface area contributed by atoms with Crippen molar-refractivity contribution in [2.75, 3.05) is 13.1 Å². The molecule has 0 unspecified atom stereocenters. The molecule has 0 aromatic carbocycles. The molecule has 2 saturated carbocycles. The first-order chi connectivity index (χ1) is 11.3. The van der Waals surface area contributed by atoms with Crippen LogP contribution >= 0.6 is 0 Å². The van der Waals surface area contributed by atoms with Gasteiger partial charge in [-0.3, -0.25) is 0 Å². The zero-order valence-electron chi connectivity index (χ0n) is 14.9. The molecule has 23 heavy (non-hydrogen) atoms. The Hall–Kier alpha value is -0.770. The highest BCUT2D eigenvalue weighted by Gasteiger charge is 2.32. The van der Waals surface area contributed by atoms with Crippen molar-refractivity contribution in [1.29, 1.82) is 0 Å². The average Bonchev–Trinajstić information content (AvgIpc) is 2.60. The maximum atomic E-state index is 12.8. The summed E-state index contributed by atoms with van der Waals surface area (Å²) in [6.07, 6.45) is 17.2. The Morgan fingerprint density at radius 3 is 1.87 bits per heavy atom. The van der Waals surface area contributed by atoms with E-state index < -0.39 is 0 Å². The van der Waals surface area contributed by atoms with Crippen LogP contribution in [0.25, 0.3) is 0 Å². The Morgan fingerprint density at radius 2 is 1.35 bits per heavy atom. The molecule has 2 rings (SSSR count). The fourth-order valence-electron chi connectivity index (χ4n) is 4.26. The van der Waals surface area contributed by atoms with Crippen LogP contribution in [0.4, 0.5) is 4.79 Å². The molecule has 0 spiro atoms. The highest BCUT2D eigenvalue weighted by molar-refractivity contribution is 5.75. The van der Waals surface area contributed by atoms with Crippen molar-refractivity contribution in [2.45, 2.75) is 102 Å². The van der Waals surface area contributed by atoms with E-state index >= 15 is 0 Å². The molecule has 0 radical (unpaired) electrons. The first-order valence-corrected chi connectivity index (χ1v) is 10.1. The summed E-state index contributed by atoms with van der Waals surface area (Å²) in [6, 6.07) is 1.19. The van der Waals surface area contributed by atoms with E-state index in [1.165, 1.54) is 77.0 Å². The normalized spacial score (nSPS) is 20.4. The largest absolute Gasteiger partial charge is 0.338 e. The lowest BCUT2D eigenvalue weighted by molar-refractivity contribution is 0.105. The highest BCUT2D eigenvalue weighted by atomic mass is 16.2. The molecule has 4 nitrogen and oxygen atoms in total. The van der Waals surface area contributed by atoms with Crippen molar-refractivity contribution in [2.24, 2.45) is 5.73 Å². The summed E-state index contributed by atoms with van der Waals surface area (Å²) in [6.45, 7) is 1.60. The van der Waals surface area contributed by atoms with Crippen LogP contribution in [0.3, 0.4) is 0 Å². The Bertz CT molecular complexity index is 305. The van der Waals surface area contributed by atoms with Crippen molar-refractivity contribution < 1.29 is 4.79 Å². The van der Waals surface area contributed by atoms with Crippen LogP contribution < -0.4 is 11.1 Å². The Kier molecular flexibility index (Phi) is 8.80. The number of nitrogens with zero attached hydrogens (tertiary/aromatic N) is 1. The van der Waals surface area contributed by atoms with Crippen LogP contribution in [0.2, 0.25) is 0 Å². The lowest BCUT2D eigenvalue weighted by atomic mass is 9.89. The number of hydrogen-bond acceptors (Lipinski definition) is 2. The fraction of sp³-hybridized carbons (Fsp3) is 0.947. The quantitative estimate of drug-likeness (QED) is 0.658. The summed E-state index contributed by atoms with van der Waals surface area (Å²) in [5, 5.41) is 3.21. The van der Waals surface area contributed by atoms with Crippen LogP contribution in [0.15, 0.2) is 0 Å². The lowest BCUT2D eigenvalue weighted by Crippen LogP contribution is -2.52. The maximum Gasteiger partial charge on any atom is 0.317 e. The molecule has 0 atom stereocenters. The third kappa shape index (κ3) is 6.33. The molecule has 0 bridgehead atoms. The number of hydrogen-bond donors (Lipinski definition) is 2. The van der Waals surface area contributed by atoms with Gasteiger partial charge in [-0.1, -0.05) is 51.4 Å². The number of urea groups is 1. The van der Waals surface area contributed by atoms with Gasteiger partial charge in [0, 0.05) is 18.6 Å². The minimum atomic E-state index is 0.211. The summed E-state index contributed by atoms with van der Waals surface area (Å²) < 4.78 is 0. The molecule has 2 aliphatic rings. The first kappa shape index (κ1) is 18.6. The second kappa shape index (κ2) is 10.9. The van der Waals surface area contributed by atoms with Gasteiger partial charge in [-0.2, -0.15) is 0 Å². The monoisotopic (exact) mass is 323 g/mol. The molecule has 2 aliphatic carbocycles. The van der Waals surface area contributed by atoms with E-state index in [2.05, 4.69) is 10.2 Å². The predicted octanol–water partition coefficient (Wildman–Crippen LogP) is 4.18.